The standard InChI is InChI=1S/C18H24N2O/c1-3-5-14-21-18-12-10-17(11-13-18)20-19-16-8-6-15(4-2)7-9-16/h6-13,19-20H,3-5,14H2,1-2H3. The summed E-state index contributed by atoms with van der Waals surface area (Å²) in [7, 11) is 0. The molecule has 2 aromatic carbocycles. The summed E-state index contributed by atoms with van der Waals surface area (Å²) in [6.07, 6.45) is 3.31. The van der Waals surface area contributed by atoms with Gasteiger partial charge in [-0.2, -0.15) is 0 Å². The number of unbranched alkanes of at least 4 members (excludes halogenated alkanes) is 1. The van der Waals surface area contributed by atoms with E-state index in [1.54, 1.807) is 0 Å². The van der Waals surface area contributed by atoms with Crippen molar-refractivity contribution in [3.8, 4) is 5.75 Å². The van der Waals surface area contributed by atoms with Crippen LogP contribution in [0.3, 0.4) is 0 Å². The highest BCUT2D eigenvalue weighted by molar-refractivity contribution is 5.54. The molecule has 0 fully saturated rings. The molecule has 0 aliphatic rings. The van der Waals surface area contributed by atoms with E-state index in [-0.39, 0.29) is 0 Å². The van der Waals surface area contributed by atoms with Crippen LogP contribution in [0.4, 0.5) is 11.4 Å². The second-order valence-electron chi connectivity index (χ2n) is 5.03. The summed E-state index contributed by atoms with van der Waals surface area (Å²) >= 11 is 0. The van der Waals surface area contributed by atoms with Crippen molar-refractivity contribution >= 4 is 11.4 Å². The zero-order chi connectivity index (χ0) is 14.9. The fraction of sp³-hybridized carbons (Fsp3) is 0.333. The first-order chi connectivity index (χ1) is 10.3. The topological polar surface area (TPSA) is 33.3 Å². The van der Waals surface area contributed by atoms with Crippen LogP contribution in [0.15, 0.2) is 48.5 Å². The van der Waals surface area contributed by atoms with E-state index in [1.165, 1.54) is 5.56 Å². The molecular weight excluding hydrogens is 260 g/mol. The Hall–Kier alpha value is -2.16. The highest BCUT2D eigenvalue weighted by Gasteiger charge is 1.96. The first-order valence-electron chi connectivity index (χ1n) is 7.65. The molecule has 3 heteroatoms. The Bertz CT molecular complexity index is 520. The maximum absolute atomic E-state index is 5.64. The van der Waals surface area contributed by atoms with Crippen molar-refractivity contribution in [3.05, 3.63) is 54.1 Å². The van der Waals surface area contributed by atoms with E-state index in [4.69, 9.17) is 4.74 Å². The van der Waals surface area contributed by atoms with E-state index in [1.807, 2.05) is 24.3 Å². The number of hydrazine groups is 1. The molecule has 2 aromatic rings. The highest BCUT2D eigenvalue weighted by atomic mass is 16.5. The van der Waals surface area contributed by atoms with Gasteiger partial charge in [0.25, 0.3) is 0 Å². The fourth-order valence-corrected chi connectivity index (χ4v) is 1.94. The quantitative estimate of drug-likeness (QED) is 0.536. The van der Waals surface area contributed by atoms with Crippen LogP contribution in [0, 0.1) is 0 Å². The van der Waals surface area contributed by atoms with Gasteiger partial charge in [0, 0.05) is 0 Å². The number of rotatable bonds is 8. The van der Waals surface area contributed by atoms with Gasteiger partial charge in [0.15, 0.2) is 0 Å². The Kier molecular flexibility index (Phi) is 5.95. The second kappa shape index (κ2) is 8.20. The van der Waals surface area contributed by atoms with Gasteiger partial charge in [0.2, 0.25) is 0 Å². The number of benzene rings is 2. The van der Waals surface area contributed by atoms with Crippen molar-refractivity contribution in [2.24, 2.45) is 0 Å². The first kappa shape index (κ1) is 15.2. The number of hydrogen-bond acceptors (Lipinski definition) is 3. The molecule has 0 bridgehead atoms. The molecule has 0 radical (unpaired) electrons. The van der Waals surface area contributed by atoms with Crippen molar-refractivity contribution in [3.63, 3.8) is 0 Å². The smallest absolute Gasteiger partial charge is 0.119 e. The molecule has 21 heavy (non-hydrogen) atoms. The van der Waals surface area contributed by atoms with Gasteiger partial charge in [-0.3, -0.25) is 0 Å². The third kappa shape index (κ3) is 5.03. The Morgan fingerprint density at radius 2 is 1.38 bits per heavy atom. The van der Waals surface area contributed by atoms with Crippen molar-refractivity contribution < 1.29 is 4.74 Å². The van der Waals surface area contributed by atoms with Crippen LogP contribution in [0.25, 0.3) is 0 Å². The fourth-order valence-electron chi connectivity index (χ4n) is 1.94. The van der Waals surface area contributed by atoms with Crippen LogP contribution in [-0.2, 0) is 6.42 Å². The van der Waals surface area contributed by atoms with E-state index >= 15 is 0 Å². The molecule has 112 valence electrons. The van der Waals surface area contributed by atoms with Gasteiger partial charge in [0.05, 0.1) is 18.0 Å². The number of anilines is 2. The molecule has 3 nitrogen and oxygen atoms in total. The first-order valence-corrected chi connectivity index (χ1v) is 7.65. The van der Waals surface area contributed by atoms with Gasteiger partial charge < -0.3 is 15.6 Å². The lowest BCUT2D eigenvalue weighted by molar-refractivity contribution is 0.309. The molecule has 0 aromatic heterocycles. The molecule has 0 unspecified atom stereocenters. The molecule has 0 saturated carbocycles. The van der Waals surface area contributed by atoms with Crippen molar-refractivity contribution in [1.29, 1.82) is 0 Å². The van der Waals surface area contributed by atoms with Gasteiger partial charge in [0.1, 0.15) is 5.75 Å². The van der Waals surface area contributed by atoms with E-state index in [9.17, 15) is 0 Å². The number of nitrogens with one attached hydrogen (secondary N) is 2. The SMILES string of the molecule is CCCCOc1ccc(NNc2ccc(CC)cc2)cc1. The molecule has 2 N–H and O–H groups in total. The minimum atomic E-state index is 0.783. The lowest BCUT2D eigenvalue weighted by Crippen LogP contribution is -2.08. The predicted molar refractivity (Wildman–Crippen MR) is 89.9 cm³/mol. The zero-order valence-corrected chi connectivity index (χ0v) is 12.9. The zero-order valence-electron chi connectivity index (χ0n) is 12.9. The van der Waals surface area contributed by atoms with Gasteiger partial charge >= 0.3 is 0 Å². The normalized spacial score (nSPS) is 10.2. The van der Waals surface area contributed by atoms with Crippen LogP contribution >= 0.6 is 0 Å². The molecule has 0 saturated heterocycles. The largest absolute Gasteiger partial charge is 0.494 e. The predicted octanol–water partition coefficient (Wildman–Crippen LogP) is 4.87. The number of hydrogen-bond donors (Lipinski definition) is 2. The Labute approximate surface area is 127 Å². The average Bonchev–Trinajstić information content (AvgIpc) is 2.55. The monoisotopic (exact) mass is 284 g/mol. The van der Waals surface area contributed by atoms with Crippen LogP contribution in [-0.4, -0.2) is 6.61 Å². The van der Waals surface area contributed by atoms with Crippen molar-refractivity contribution in [2.45, 2.75) is 33.1 Å². The van der Waals surface area contributed by atoms with E-state index in [2.05, 4.69) is 49.0 Å². The van der Waals surface area contributed by atoms with Crippen LogP contribution in [0.2, 0.25) is 0 Å². The summed E-state index contributed by atoms with van der Waals surface area (Å²) in [6, 6.07) is 16.4. The Balaban J connectivity index is 1.82. The summed E-state index contributed by atoms with van der Waals surface area (Å²) in [5, 5.41) is 0. The van der Waals surface area contributed by atoms with Gasteiger partial charge in [-0.1, -0.05) is 32.4 Å². The summed E-state index contributed by atoms with van der Waals surface area (Å²) in [6.45, 7) is 5.10. The molecule has 0 aliphatic heterocycles. The van der Waals surface area contributed by atoms with E-state index in [0.717, 1.165) is 43.0 Å². The summed E-state index contributed by atoms with van der Waals surface area (Å²) in [5.41, 5.74) is 9.79. The minimum absolute atomic E-state index is 0.783. The second-order valence-corrected chi connectivity index (χ2v) is 5.03. The van der Waals surface area contributed by atoms with E-state index in [0.29, 0.717) is 0 Å². The molecule has 0 spiro atoms. The minimum Gasteiger partial charge on any atom is -0.494 e. The third-order valence-corrected chi connectivity index (χ3v) is 3.33. The summed E-state index contributed by atoms with van der Waals surface area (Å²) in [5.74, 6) is 0.918. The number of ether oxygens (including phenoxy) is 1. The lowest BCUT2D eigenvalue weighted by atomic mass is 10.2. The van der Waals surface area contributed by atoms with Crippen molar-refractivity contribution in [1.82, 2.24) is 0 Å². The lowest BCUT2D eigenvalue weighted by Gasteiger charge is -2.11. The molecule has 0 heterocycles. The molecule has 0 amide bonds. The van der Waals surface area contributed by atoms with Gasteiger partial charge in [-0.25, -0.2) is 0 Å². The highest BCUT2D eigenvalue weighted by Crippen LogP contribution is 2.17. The summed E-state index contributed by atoms with van der Waals surface area (Å²) < 4.78 is 5.64. The Morgan fingerprint density at radius 1 is 0.810 bits per heavy atom. The van der Waals surface area contributed by atoms with Crippen LogP contribution in [0.1, 0.15) is 32.3 Å². The maximum atomic E-state index is 5.64. The Morgan fingerprint density at radius 3 is 1.90 bits per heavy atom. The number of aryl methyl sites for hydroxylation is 1. The van der Waals surface area contributed by atoms with Crippen molar-refractivity contribution in [2.75, 3.05) is 17.5 Å². The van der Waals surface area contributed by atoms with Crippen LogP contribution < -0.4 is 15.6 Å². The molecular formula is C18H24N2O. The van der Waals surface area contributed by atoms with E-state index < -0.39 is 0 Å². The maximum Gasteiger partial charge on any atom is 0.119 e. The molecule has 2 rings (SSSR count). The molecule has 0 atom stereocenters. The average molecular weight is 284 g/mol. The van der Waals surface area contributed by atoms with Gasteiger partial charge in [-0.05, 0) is 54.8 Å². The van der Waals surface area contributed by atoms with Crippen LogP contribution in [0.5, 0.6) is 5.75 Å². The van der Waals surface area contributed by atoms with Gasteiger partial charge in [-0.15, -0.1) is 0 Å². The third-order valence-electron chi connectivity index (χ3n) is 3.33. The summed E-state index contributed by atoms with van der Waals surface area (Å²) in [4.78, 5) is 0. The molecule has 0 aliphatic carbocycles.